The Kier molecular flexibility index (Phi) is 5.61. The summed E-state index contributed by atoms with van der Waals surface area (Å²) < 4.78 is 0. The van der Waals surface area contributed by atoms with Crippen molar-refractivity contribution < 1.29 is 14.4 Å². The van der Waals surface area contributed by atoms with Gasteiger partial charge in [0.25, 0.3) is 17.1 Å². The van der Waals surface area contributed by atoms with E-state index in [1.165, 1.54) is 12.4 Å². The van der Waals surface area contributed by atoms with Gasteiger partial charge in [0.1, 0.15) is 11.5 Å². The maximum Gasteiger partial charge on any atom is 0.290 e. The molecular weight excluding hydrogens is 392 g/mol. The molecule has 2 aliphatic rings. The van der Waals surface area contributed by atoms with Crippen molar-refractivity contribution in [3.63, 3.8) is 0 Å². The number of carbonyl (C=O) groups excluding carboxylic acids is 3. The number of hydrogen-bond donors (Lipinski definition) is 1. The molecule has 4 rings (SSSR count). The molecule has 2 aromatic rings. The molecule has 148 valence electrons. The van der Waals surface area contributed by atoms with E-state index in [4.69, 9.17) is 0 Å². The van der Waals surface area contributed by atoms with E-state index >= 15 is 0 Å². The maximum atomic E-state index is 12.6. The number of piperidine rings is 1. The second-order valence-electron chi connectivity index (χ2n) is 6.80. The Bertz CT molecular complexity index is 981. The monoisotopic (exact) mass is 410 g/mol. The minimum Gasteiger partial charge on any atom is -0.337 e. The van der Waals surface area contributed by atoms with Crippen LogP contribution in [-0.2, 0) is 11.2 Å². The fourth-order valence-corrected chi connectivity index (χ4v) is 4.06. The van der Waals surface area contributed by atoms with Gasteiger partial charge in [-0.15, -0.1) is 0 Å². The zero-order valence-electron chi connectivity index (χ0n) is 15.4. The highest BCUT2D eigenvalue weighted by Crippen LogP contribution is 2.25. The van der Waals surface area contributed by atoms with Gasteiger partial charge in [-0.1, -0.05) is 0 Å². The normalized spacial score (nSPS) is 20.8. The third kappa shape index (κ3) is 4.65. The van der Waals surface area contributed by atoms with Crippen LogP contribution >= 0.6 is 11.8 Å². The molecule has 0 unspecified atom stereocenters. The minimum atomic E-state index is -0.411. The molecule has 0 saturated carbocycles. The first-order valence-corrected chi connectivity index (χ1v) is 10.0. The van der Waals surface area contributed by atoms with Gasteiger partial charge in [-0.25, -0.2) is 15.0 Å². The summed E-state index contributed by atoms with van der Waals surface area (Å²) in [4.78, 5) is 54.6. The molecule has 0 spiro atoms. The van der Waals surface area contributed by atoms with Crippen molar-refractivity contribution >= 4 is 34.9 Å². The Morgan fingerprint density at radius 1 is 1.28 bits per heavy atom. The molecule has 2 fully saturated rings. The number of aromatic nitrogens is 4. The average molecular weight is 410 g/mol. The predicted octanol–water partition coefficient (Wildman–Crippen LogP) is 1.69. The van der Waals surface area contributed by atoms with Crippen LogP contribution in [0.4, 0.5) is 4.79 Å². The lowest BCUT2D eigenvalue weighted by atomic mass is 9.94. The summed E-state index contributed by atoms with van der Waals surface area (Å²) >= 11 is 0.857. The fourth-order valence-electron chi connectivity index (χ4n) is 3.39. The Hall–Kier alpha value is -3.14. The van der Waals surface area contributed by atoms with Crippen LogP contribution in [0.15, 0.2) is 35.8 Å². The largest absolute Gasteiger partial charge is 0.337 e. The number of likely N-dealkylation sites (tertiary alicyclic amines) is 1. The van der Waals surface area contributed by atoms with Gasteiger partial charge >= 0.3 is 0 Å². The zero-order chi connectivity index (χ0) is 20.2. The maximum absolute atomic E-state index is 12.6. The van der Waals surface area contributed by atoms with Crippen molar-refractivity contribution in [1.29, 1.82) is 0 Å². The summed E-state index contributed by atoms with van der Waals surface area (Å²) in [5.74, 6) is 0.354. The van der Waals surface area contributed by atoms with Crippen LogP contribution in [0.25, 0.3) is 6.08 Å². The van der Waals surface area contributed by atoms with Crippen LogP contribution in [-0.4, -0.2) is 55.0 Å². The number of imide groups is 1. The van der Waals surface area contributed by atoms with Crippen molar-refractivity contribution in [2.24, 2.45) is 5.92 Å². The van der Waals surface area contributed by atoms with Crippen LogP contribution in [0.5, 0.6) is 0 Å². The quantitative estimate of drug-likeness (QED) is 0.757. The third-order valence-electron chi connectivity index (χ3n) is 4.71. The van der Waals surface area contributed by atoms with Gasteiger partial charge in [0.2, 0.25) is 0 Å². The first-order chi connectivity index (χ1) is 14.1. The van der Waals surface area contributed by atoms with E-state index in [0.29, 0.717) is 41.6 Å². The number of rotatable bonds is 4. The van der Waals surface area contributed by atoms with Gasteiger partial charge in [0.05, 0.1) is 16.8 Å². The molecule has 0 radical (unpaired) electrons. The number of hydrogen-bond acceptors (Lipinski definition) is 8. The smallest absolute Gasteiger partial charge is 0.290 e. The third-order valence-corrected chi connectivity index (χ3v) is 5.52. The van der Waals surface area contributed by atoms with E-state index in [9.17, 15) is 14.4 Å². The lowest BCUT2D eigenvalue weighted by molar-refractivity contribution is -0.115. The van der Waals surface area contributed by atoms with E-state index in [2.05, 4.69) is 25.3 Å². The molecule has 2 aliphatic heterocycles. The van der Waals surface area contributed by atoms with Crippen LogP contribution in [0, 0.1) is 5.92 Å². The topological polar surface area (TPSA) is 118 Å². The summed E-state index contributed by atoms with van der Waals surface area (Å²) in [5, 5.41) is 1.84. The van der Waals surface area contributed by atoms with Crippen molar-refractivity contribution in [2.75, 3.05) is 13.1 Å². The summed E-state index contributed by atoms with van der Waals surface area (Å²) in [5.41, 5.74) is 0.922. The lowest BCUT2D eigenvalue weighted by Crippen LogP contribution is -2.41. The van der Waals surface area contributed by atoms with E-state index in [-0.39, 0.29) is 17.1 Å². The van der Waals surface area contributed by atoms with Gasteiger partial charge in [0.15, 0.2) is 0 Å². The summed E-state index contributed by atoms with van der Waals surface area (Å²) in [6, 6.07) is 1.69. The highest BCUT2D eigenvalue weighted by atomic mass is 32.2. The highest BCUT2D eigenvalue weighted by molar-refractivity contribution is 8.18. The molecule has 9 nitrogen and oxygen atoms in total. The lowest BCUT2D eigenvalue weighted by Gasteiger charge is -2.32. The molecule has 0 bridgehead atoms. The summed E-state index contributed by atoms with van der Waals surface area (Å²) in [7, 11) is 0. The van der Waals surface area contributed by atoms with Crippen LogP contribution < -0.4 is 5.32 Å². The number of amides is 3. The van der Waals surface area contributed by atoms with E-state index < -0.39 is 5.91 Å². The number of carbonyl (C=O) groups is 3. The Morgan fingerprint density at radius 3 is 2.93 bits per heavy atom. The van der Waals surface area contributed by atoms with Gasteiger partial charge in [-0.05, 0) is 42.7 Å². The van der Waals surface area contributed by atoms with E-state index in [1.54, 1.807) is 29.4 Å². The van der Waals surface area contributed by atoms with Crippen LogP contribution in [0.3, 0.4) is 0 Å². The molecule has 29 heavy (non-hydrogen) atoms. The Labute approximate surface area is 171 Å². The molecule has 1 N–H and O–H groups in total. The standard InChI is InChI=1S/C19H18N6O3S/c26-17-15(29-19(28)24-17)9-13-3-4-22-16(23-13)8-12-2-1-7-25(11-12)18(27)14-10-20-5-6-21-14/h3-6,9-10,12H,1-2,7-8,11H2,(H,24,26,28)/b15-9-/t12-/m1/s1. The van der Waals surface area contributed by atoms with Crippen LogP contribution in [0.1, 0.15) is 34.8 Å². The number of thioether (sulfide) groups is 1. The van der Waals surface area contributed by atoms with E-state index in [0.717, 1.165) is 24.6 Å². The Morgan fingerprint density at radius 2 is 2.17 bits per heavy atom. The molecule has 1 atom stereocenters. The first kappa shape index (κ1) is 19.2. The predicted molar refractivity (Wildman–Crippen MR) is 106 cm³/mol. The summed E-state index contributed by atoms with van der Waals surface area (Å²) in [6.07, 6.45) is 10.3. The van der Waals surface area contributed by atoms with Gasteiger partial charge in [0, 0.05) is 38.1 Å². The fraction of sp³-hybridized carbons (Fsp3) is 0.316. The SMILES string of the molecule is O=C1NC(=O)/C(=C/c2ccnc(C[C@H]3CCCN(C(=O)c4cnccn4)C3)n2)S1. The molecule has 0 aliphatic carbocycles. The second-order valence-corrected chi connectivity index (χ2v) is 7.82. The summed E-state index contributed by atoms with van der Waals surface area (Å²) in [6.45, 7) is 1.30. The molecule has 3 amide bonds. The minimum absolute atomic E-state index is 0.115. The van der Waals surface area contributed by atoms with Crippen molar-refractivity contribution in [3.8, 4) is 0 Å². The van der Waals surface area contributed by atoms with Gasteiger partial charge < -0.3 is 4.90 Å². The average Bonchev–Trinajstić information content (AvgIpc) is 3.05. The van der Waals surface area contributed by atoms with Crippen molar-refractivity contribution in [1.82, 2.24) is 30.2 Å². The van der Waals surface area contributed by atoms with E-state index in [1.807, 2.05) is 0 Å². The van der Waals surface area contributed by atoms with Gasteiger partial charge in [-0.2, -0.15) is 0 Å². The molecule has 0 aromatic carbocycles. The molecule has 2 saturated heterocycles. The zero-order valence-corrected chi connectivity index (χ0v) is 16.3. The first-order valence-electron chi connectivity index (χ1n) is 9.20. The molecule has 2 aromatic heterocycles. The van der Waals surface area contributed by atoms with Gasteiger partial charge in [-0.3, -0.25) is 24.7 Å². The van der Waals surface area contributed by atoms with Crippen molar-refractivity contribution in [2.45, 2.75) is 19.3 Å². The highest BCUT2D eigenvalue weighted by Gasteiger charge is 2.27. The Balaban J connectivity index is 1.43. The number of nitrogens with one attached hydrogen (secondary N) is 1. The molecule has 10 heteroatoms. The van der Waals surface area contributed by atoms with Crippen LogP contribution in [0.2, 0.25) is 0 Å². The molecule has 4 heterocycles. The second kappa shape index (κ2) is 8.48. The number of nitrogens with zero attached hydrogens (tertiary/aromatic N) is 5. The van der Waals surface area contributed by atoms with Crippen molar-refractivity contribution in [3.05, 3.63) is 53.0 Å². The molecular formula is C19H18N6O3S.